The molecule has 7 nitrogen and oxygen atoms in total. The monoisotopic (exact) mass is 472 g/mol. The number of carbonyl (C=O) groups excluding carboxylic acids is 1. The molecule has 0 aliphatic carbocycles. The molecule has 1 aromatic carbocycles. The number of carbonyl (C=O) groups is 1. The summed E-state index contributed by atoms with van der Waals surface area (Å²) < 4.78 is 53.5. The van der Waals surface area contributed by atoms with Crippen molar-refractivity contribution in [2.45, 2.75) is 37.8 Å². The third-order valence-electron chi connectivity index (χ3n) is 6.65. The molecule has 2 atom stereocenters. The van der Waals surface area contributed by atoms with Crippen LogP contribution in [0.5, 0.6) is 11.6 Å². The molecule has 1 amide bonds. The highest BCUT2D eigenvalue weighted by molar-refractivity contribution is 5.95. The Kier molecular flexibility index (Phi) is 5.45. The molecule has 5 rings (SSSR count). The van der Waals surface area contributed by atoms with E-state index in [-0.39, 0.29) is 29.4 Å². The molecule has 0 spiro atoms. The van der Waals surface area contributed by atoms with Gasteiger partial charge in [0.15, 0.2) is 23.2 Å². The third-order valence-corrected chi connectivity index (χ3v) is 6.65. The van der Waals surface area contributed by atoms with Gasteiger partial charge in [-0.2, -0.15) is 5.10 Å². The second-order valence-electron chi connectivity index (χ2n) is 8.54. The van der Waals surface area contributed by atoms with E-state index in [9.17, 15) is 18.0 Å². The highest BCUT2D eigenvalue weighted by Crippen LogP contribution is 2.45. The molecule has 0 N–H and O–H groups in total. The number of piperidine rings is 1. The predicted molar refractivity (Wildman–Crippen MR) is 116 cm³/mol. The van der Waals surface area contributed by atoms with Crippen molar-refractivity contribution in [2.75, 3.05) is 14.2 Å². The summed E-state index contributed by atoms with van der Waals surface area (Å²) in [5.41, 5.74) is 2.65. The number of benzene rings is 1. The van der Waals surface area contributed by atoms with Crippen LogP contribution in [0, 0.1) is 17.5 Å². The smallest absolute Gasteiger partial charge is 0.256 e. The van der Waals surface area contributed by atoms with Crippen molar-refractivity contribution in [3.05, 3.63) is 58.7 Å². The van der Waals surface area contributed by atoms with Gasteiger partial charge in [0, 0.05) is 36.5 Å². The molecule has 0 radical (unpaired) electrons. The number of aryl methyl sites for hydroxylation is 1. The Morgan fingerprint density at radius 3 is 2.50 bits per heavy atom. The van der Waals surface area contributed by atoms with Crippen molar-refractivity contribution in [3.63, 3.8) is 0 Å². The Labute approximate surface area is 194 Å². The van der Waals surface area contributed by atoms with Crippen LogP contribution in [0.2, 0.25) is 0 Å². The van der Waals surface area contributed by atoms with E-state index < -0.39 is 17.5 Å². The van der Waals surface area contributed by atoms with Crippen molar-refractivity contribution < 1.29 is 27.4 Å². The van der Waals surface area contributed by atoms with Gasteiger partial charge >= 0.3 is 0 Å². The topological polar surface area (TPSA) is 69.5 Å². The van der Waals surface area contributed by atoms with E-state index in [4.69, 9.17) is 9.47 Å². The lowest BCUT2D eigenvalue weighted by Crippen LogP contribution is -2.49. The van der Waals surface area contributed by atoms with E-state index >= 15 is 0 Å². The molecule has 1 fully saturated rings. The molecule has 2 aromatic heterocycles. The van der Waals surface area contributed by atoms with Gasteiger partial charge in [0.1, 0.15) is 0 Å². The SMILES string of the molecule is COc1cc(C(=O)N2[C@@H]3CCC[C@H]2c2nn(C)c(-c4cc(F)c(F)c(F)c4)c2C3)cnc1OC. The van der Waals surface area contributed by atoms with Crippen LogP contribution in [0.1, 0.15) is 46.9 Å². The molecular weight excluding hydrogens is 449 g/mol. The van der Waals surface area contributed by atoms with Gasteiger partial charge in [-0.25, -0.2) is 18.2 Å². The van der Waals surface area contributed by atoms with Crippen molar-refractivity contribution in [3.8, 4) is 22.9 Å². The summed E-state index contributed by atoms with van der Waals surface area (Å²) in [5.74, 6) is -3.56. The number of amides is 1. The standard InChI is InChI=1S/C24H23F3N4O3/c1-30-22(12-7-16(25)20(27)17(26)8-12)15-10-14-5-4-6-18(21(15)29-30)31(14)24(32)13-9-19(33-2)23(34-3)28-11-13/h7-9,11,14,18H,4-6,10H2,1-3H3/t14-,18+/m1/s1. The maximum absolute atomic E-state index is 14.0. The van der Waals surface area contributed by atoms with Gasteiger partial charge in [-0.3, -0.25) is 9.48 Å². The zero-order chi connectivity index (χ0) is 24.1. The van der Waals surface area contributed by atoms with Crippen LogP contribution in [0.25, 0.3) is 11.3 Å². The molecular formula is C24H23F3N4O3. The quantitative estimate of drug-likeness (QED) is 0.532. The average molecular weight is 472 g/mol. The third kappa shape index (κ3) is 3.39. The summed E-state index contributed by atoms with van der Waals surface area (Å²) in [4.78, 5) is 19.6. The molecule has 1 saturated heterocycles. The van der Waals surface area contributed by atoms with E-state index in [2.05, 4.69) is 10.1 Å². The van der Waals surface area contributed by atoms with E-state index in [1.807, 2.05) is 4.90 Å². The summed E-state index contributed by atoms with van der Waals surface area (Å²) in [5, 5.41) is 4.64. The maximum Gasteiger partial charge on any atom is 0.256 e. The summed E-state index contributed by atoms with van der Waals surface area (Å²) in [6.45, 7) is 0. The highest BCUT2D eigenvalue weighted by Gasteiger charge is 2.43. The van der Waals surface area contributed by atoms with Crippen LogP contribution in [0.3, 0.4) is 0 Å². The van der Waals surface area contributed by atoms with E-state index in [0.717, 1.165) is 30.5 Å². The summed E-state index contributed by atoms with van der Waals surface area (Å²) in [6, 6.07) is 3.16. The lowest BCUT2D eigenvalue weighted by Gasteiger charge is -2.45. The zero-order valence-electron chi connectivity index (χ0n) is 18.9. The molecule has 4 heterocycles. The first kappa shape index (κ1) is 22.2. The number of rotatable bonds is 4. The van der Waals surface area contributed by atoms with Gasteiger partial charge in [0.2, 0.25) is 0 Å². The number of halogens is 3. The summed E-state index contributed by atoms with van der Waals surface area (Å²) in [7, 11) is 4.63. The average Bonchev–Trinajstić information content (AvgIpc) is 3.16. The fourth-order valence-electron chi connectivity index (χ4n) is 5.20. The largest absolute Gasteiger partial charge is 0.491 e. The maximum atomic E-state index is 14.0. The molecule has 2 bridgehead atoms. The van der Waals surface area contributed by atoms with Crippen LogP contribution in [-0.2, 0) is 13.5 Å². The van der Waals surface area contributed by atoms with Gasteiger partial charge in [0.05, 0.1) is 37.2 Å². The van der Waals surface area contributed by atoms with E-state index in [0.29, 0.717) is 35.5 Å². The van der Waals surface area contributed by atoms with E-state index in [1.165, 1.54) is 20.4 Å². The minimum atomic E-state index is -1.50. The van der Waals surface area contributed by atoms with Crippen molar-refractivity contribution >= 4 is 5.91 Å². The molecule has 2 aliphatic heterocycles. The molecule has 0 unspecified atom stereocenters. The van der Waals surface area contributed by atoms with Gasteiger partial charge in [-0.1, -0.05) is 0 Å². The Morgan fingerprint density at radius 2 is 1.82 bits per heavy atom. The van der Waals surface area contributed by atoms with Gasteiger partial charge in [-0.05, 0) is 37.8 Å². The number of pyridine rings is 1. The molecule has 178 valence electrons. The summed E-state index contributed by atoms with van der Waals surface area (Å²) in [6.07, 6.45) is 4.35. The lowest BCUT2D eigenvalue weighted by atomic mass is 9.81. The number of hydrogen-bond acceptors (Lipinski definition) is 5. The first-order valence-electron chi connectivity index (χ1n) is 10.9. The number of nitrogens with zero attached hydrogens (tertiary/aromatic N) is 4. The van der Waals surface area contributed by atoms with E-state index in [1.54, 1.807) is 17.8 Å². The number of aromatic nitrogens is 3. The van der Waals surface area contributed by atoms with Gasteiger partial charge in [0.25, 0.3) is 11.8 Å². The second-order valence-corrected chi connectivity index (χ2v) is 8.54. The summed E-state index contributed by atoms with van der Waals surface area (Å²) >= 11 is 0. The van der Waals surface area contributed by atoms with Crippen LogP contribution in [0.15, 0.2) is 24.4 Å². The number of methoxy groups -OCH3 is 2. The van der Waals surface area contributed by atoms with Gasteiger partial charge < -0.3 is 14.4 Å². The minimum absolute atomic E-state index is 0.120. The van der Waals surface area contributed by atoms with Crippen molar-refractivity contribution in [1.82, 2.24) is 19.7 Å². The first-order chi connectivity index (χ1) is 16.3. The Balaban J connectivity index is 1.56. The Hall–Kier alpha value is -3.56. The number of ether oxygens (including phenoxy) is 2. The Morgan fingerprint density at radius 1 is 1.09 bits per heavy atom. The highest BCUT2D eigenvalue weighted by atomic mass is 19.2. The normalized spacial score (nSPS) is 19.1. The van der Waals surface area contributed by atoms with Crippen LogP contribution in [-0.4, -0.2) is 45.8 Å². The Bertz CT molecular complexity index is 1270. The van der Waals surface area contributed by atoms with Gasteiger partial charge in [-0.15, -0.1) is 0 Å². The van der Waals surface area contributed by atoms with Crippen molar-refractivity contribution in [2.24, 2.45) is 7.05 Å². The molecule has 0 saturated carbocycles. The zero-order valence-corrected chi connectivity index (χ0v) is 18.9. The molecule has 3 aromatic rings. The lowest BCUT2D eigenvalue weighted by molar-refractivity contribution is 0.0391. The fraction of sp³-hybridized carbons (Fsp3) is 0.375. The number of fused-ring (bicyclic) bond motifs is 4. The number of hydrogen-bond donors (Lipinski definition) is 0. The second kappa shape index (κ2) is 8.34. The van der Waals surface area contributed by atoms with Crippen LogP contribution in [0.4, 0.5) is 13.2 Å². The fourth-order valence-corrected chi connectivity index (χ4v) is 5.20. The van der Waals surface area contributed by atoms with Crippen LogP contribution < -0.4 is 9.47 Å². The molecule has 34 heavy (non-hydrogen) atoms. The predicted octanol–water partition coefficient (Wildman–Crippen LogP) is 4.21. The molecule has 10 heteroatoms. The molecule has 2 aliphatic rings. The van der Waals surface area contributed by atoms with Crippen LogP contribution >= 0.6 is 0 Å². The van der Waals surface area contributed by atoms with Crippen molar-refractivity contribution in [1.29, 1.82) is 0 Å². The minimum Gasteiger partial charge on any atom is -0.491 e. The first-order valence-corrected chi connectivity index (χ1v) is 10.9.